The Kier molecular flexibility index (Phi) is 6.11. The highest BCUT2D eigenvalue weighted by Crippen LogP contribution is 2.28. The molecule has 0 aliphatic carbocycles. The summed E-state index contributed by atoms with van der Waals surface area (Å²) in [4.78, 5) is 29.2. The van der Waals surface area contributed by atoms with Gasteiger partial charge in [0, 0.05) is 5.56 Å². The van der Waals surface area contributed by atoms with E-state index in [1.165, 1.54) is 11.3 Å². The fourth-order valence-electron chi connectivity index (χ4n) is 2.18. The molecule has 0 unspecified atom stereocenters. The molecule has 136 valence electrons. The summed E-state index contributed by atoms with van der Waals surface area (Å²) in [6.45, 7) is 6.66. The summed E-state index contributed by atoms with van der Waals surface area (Å²) in [5.41, 5.74) is 0.340. The Labute approximate surface area is 156 Å². The second kappa shape index (κ2) is 8.11. The number of ether oxygens (including phenoxy) is 1. The minimum Gasteiger partial charge on any atom is -0.451 e. The van der Waals surface area contributed by atoms with E-state index in [2.05, 4.69) is 16.4 Å². The van der Waals surface area contributed by atoms with Gasteiger partial charge in [0.15, 0.2) is 6.61 Å². The number of nitrogens with zero attached hydrogens (tertiary/aromatic N) is 2. The molecule has 0 saturated carbocycles. The maximum absolute atomic E-state index is 12.4. The monoisotopic (exact) mass is 371 g/mol. The highest BCUT2D eigenvalue weighted by Gasteiger charge is 2.30. The zero-order chi connectivity index (χ0) is 19.3. The molecule has 0 aliphatic heterocycles. The highest BCUT2D eigenvalue weighted by molar-refractivity contribution is 7.14. The predicted molar refractivity (Wildman–Crippen MR) is 99.6 cm³/mol. The summed E-state index contributed by atoms with van der Waals surface area (Å²) < 4.78 is 5.15. The number of hydrogen-bond acceptors (Lipinski definition) is 6. The van der Waals surface area contributed by atoms with Gasteiger partial charge in [-0.05, 0) is 19.8 Å². The average Bonchev–Trinajstić information content (AvgIpc) is 3.02. The first-order chi connectivity index (χ1) is 12.3. The zero-order valence-electron chi connectivity index (χ0n) is 15.2. The Morgan fingerprint density at radius 2 is 2.00 bits per heavy atom. The van der Waals surface area contributed by atoms with Crippen molar-refractivity contribution in [1.29, 1.82) is 5.26 Å². The molecule has 0 saturated heterocycles. The van der Waals surface area contributed by atoms with Crippen LogP contribution in [0.15, 0.2) is 30.3 Å². The minimum absolute atomic E-state index is 0.0824. The van der Waals surface area contributed by atoms with E-state index < -0.39 is 24.0 Å². The molecule has 0 radical (unpaired) electrons. The predicted octanol–water partition coefficient (Wildman–Crippen LogP) is 3.33. The number of thiazole rings is 1. The van der Waals surface area contributed by atoms with Gasteiger partial charge in [0.05, 0.1) is 16.8 Å². The minimum atomic E-state index is -1.01. The van der Waals surface area contributed by atoms with Gasteiger partial charge >= 0.3 is 5.97 Å². The van der Waals surface area contributed by atoms with E-state index in [0.29, 0.717) is 10.6 Å². The van der Waals surface area contributed by atoms with E-state index >= 15 is 0 Å². The lowest BCUT2D eigenvalue weighted by atomic mass is 9.90. The van der Waals surface area contributed by atoms with Crippen LogP contribution < -0.4 is 5.32 Å². The van der Waals surface area contributed by atoms with Gasteiger partial charge in [0.1, 0.15) is 10.4 Å². The second-order valence-corrected chi connectivity index (χ2v) is 7.57. The van der Waals surface area contributed by atoms with E-state index in [9.17, 15) is 14.9 Å². The van der Waals surface area contributed by atoms with Crippen LogP contribution in [-0.4, -0.2) is 29.0 Å². The Morgan fingerprint density at radius 1 is 1.35 bits per heavy atom. The Balaban J connectivity index is 2.08. The third-order valence-corrected chi connectivity index (χ3v) is 5.04. The summed E-state index contributed by atoms with van der Waals surface area (Å²) in [5, 5.41) is 12.6. The molecule has 0 spiro atoms. The largest absolute Gasteiger partial charge is 0.451 e. The summed E-state index contributed by atoms with van der Waals surface area (Å²) in [6.07, 6.45) is 0. The number of carbonyl (C=O) groups is 2. The summed E-state index contributed by atoms with van der Waals surface area (Å²) in [6, 6.07) is 11.4. The van der Waals surface area contributed by atoms with Crippen LogP contribution >= 0.6 is 11.3 Å². The van der Waals surface area contributed by atoms with Gasteiger partial charge < -0.3 is 10.1 Å². The number of amides is 1. The van der Waals surface area contributed by atoms with E-state index in [4.69, 9.17) is 4.74 Å². The van der Waals surface area contributed by atoms with Crippen molar-refractivity contribution < 1.29 is 14.3 Å². The Bertz CT molecular complexity index is 839. The molecule has 1 aromatic carbocycles. The van der Waals surface area contributed by atoms with Crippen LogP contribution in [0.1, 0.15) is 35.5 Å². The highest BCUT2D eigenvalue weighted by atomic mass is 32.1. The molecule has 1 amide bonds. The van der Waals surface area contributed by atoms with Crippen molar-refractivity contribution in [2.24, 2.45) is 5.92 Å². The van der Waals surface area contributed by atoms with E-state index in [-0.39, 0.29) is 5.92 Å². The fraction of sp³-hybridized carbons (Fsp3) is 0.368. The average molecular weight is 371 g/mol. The topological polar surface area (TPSA) is 92.1 Å². The fourth-order valence-corrected chi connectivity index (χ4v) is 3.02. The van der Waals surface area contributed by atoms with Gasteiger partial charge in [-0.25, -0.2) is 9.78 Å². The van der Waals surface area contributed by atoms with Gasteiger partial charge in [-0.15, -0.1) is 11.3 Å². The number of rotatable bonds is 6. The molecular weight excluding hydrogens is 350 g/mol. The number of nitrogens with one attached hydrogen (secondary N) is 1. The number of aryl methyl sites for hydroxylation is 1. The van der Waals surface area contributed by atoms with E-state index in [1.54, 1.807) is 6.92 Å². The summed E-state index contributed by atoms with van der Waals surface area (Å²) >= 11 is 1.22. The quantitative estimate of drug-likeness (QED) is 0.786. The second-order valence-electron chi connectivity index (χ2n) is 6.37. The van der Waals surface area contributed by atoms with Crippen molar-refractivity contribution in [3.05, 3.63) is 40.2 Å². The van der Waals surface area contributed by atoms with Crippen LogP contribution in [0.3, 0.4) is 0 Å². The smallest absolute Gasteiger partial charge is 0.351 e. The molecule has 2 aromatic rings. The molecule has 1 aromatic heterocycles. The lowest BCUT2D eigenvalue weighted by Gasteiger charge is -2.27. The maximum Gasteiger partial charge on any atom is 0.351 e. The molecule has 0 aliphatic rings. The van der Waals surface area contributed by atoms with Crippen LogP contribution in [0.25, 0.3) is 11.3 Å². The molecule has 0 bridgehead atoms. The van der Waals surface area contributed by atoms with Gasteiger partial charge in [0.25, 0.3) is 5.91 Å². The van der Waals surface area contributed by atoms with Crippen molar-refractivity contribution >= 4 is 23.2 Å². The van der Waals surface area contributed by atoms with Crippen LogP contribution in [0.5, 0.6) is 0 Å². The third-order valence-electron chi connectivity index (χ3n) is 4.09. The molecule has 6 nitrogen and oxygen atoms in total. The van der Waals surface area contributed by atoms with Crippen molar-refractivity contribution in [3.8, 4) is 17.3 Å². The first kappa shape index (κ1) is 19.6. The van der Waals surface area contributed by atoms with E-state index in [0.717, 1.165) is 10.6 Å². The van der Waals surface area contributed by atoms with Crippen LogP contribution in [0.4, 0.5) is 0 Å². The van der Waals surface area contributed by atoms with Gasteiger partial charge in [0.2, 0.25) is 0 Å². The van der Waals surface area contributed by atoms with Crippen LogP contribution in [-0.2, 0) is 9.53 Å². The van der Waals surface area contributed by atoms with Gasteiger partial charge in [-0.2, -0.15) is 5.26 Å². The summed E-state index contributed by atoms with van der Waals surface area (Å²) in [7, 11) is 0. The Morgan fingerprint density at radius 3 is 2.58 bits per heavy atom. The molecule has 1 atom stereocenters. The first-order valence-corrected chi connectivity index (χ1v) is 9.00. The standard InChI is InChI=1S/C19H21N3O3S/c1-12(2)19(4,11-20)22-15(23)10-25-18(24)17-16(21-13(3)26-17)14-8-6-5-7-9-14/h5-9,12H,10H2,1-4H3,(H,22,23)/t19-/m1/s1. The molecule has 1 N–H and O–H groups in total. The van der Waals surface area contributed by atoms with Crippen molar-refractivity contribution in [3.63, 3.8) is 0 Å². The number of carbonyl (C=O) groups excluding carboxylic acids is 2. The SMILES string of the molecule is Cc1nc(-c2ccccc2)c(C(=O)OCC(=O)N[C@](C)(C#N)C(C)C)s1. The van der Waals surface area contributed by atoms with E-state index in [1.807, 2.05) is 51.1 Å². The van der Waals surface area contributed by atoms with Crippen LogP contribution in [0.2, 0.25) is 0 Å². The third kappa shape index (κ3) is 4.46. The molecule has 1 heterocycles. The lowest BCUT2D eigenvalue weighted by molar-refractivity contribution is -0.125. The number of nitriles is 1. The van der Waals surface area contributed by atoms with Crippen molar-refractivity contribution in [1.82, 2.24) is 10.3 Å². The Hall–Kier alpha value is -2.72. The molecule has 0 fully saturated rings. The number of hydrogen-bond donors (Lipinski definition) is 1. The molecular formula is C19H21N3O3S. The number of aromatic nitrogens is 1. The van der Waals surface area contributed by atoms with Gasteiger partial charge in [-0.1, -0.05) is 44.2 Å². The zero-order valence-corrected chi connectivity index (χ0v) is 16.0. The van der Waals surface area contributed by atoms with Gasteiger partial charge in [-0.3, -0.25) is 4.79 Å². The number of esters is 1. The number of benzene rings is 1. The van der Waals surface area contributed by atoms with Crippen molar-refractivity contribution in [2.45, 2.75) is 33.2 Å². The van der Waals surface area contributed by atoms with Crippen molar-refractivity contribution in [2.75, 3.05) is 6.61 Å². The lowest BCUT2D eigenvalue weighted by Crippen LogP contribution is -2.50. The summed E-state index contributed by atoms with van der Waals surface area (Å²) in [5.74, 6) is -1.20. The van der Waals surface area contributed by atoms with Crippen LogP contribution in [0, 0.1) is 24.2 Å². The first-order valence-electron chi connectivity index (χ1n) is 8.19. The molecule has 26 heavy (non-hydrogen) atoms. The normalized spacial score (nSPS) is 12.9. The molecule has 2 rings (SSSR count). The molecule has 7 heteroatoms. The maximum atomic E-state index is 12.4.